The van der Waals surface area contributed by atoms with Crippen molar-refractivity contribution in [3.63, 3.8) is 0 Å². The summed E-state index contributed by atoms with van der Waals surface area (Å²) in [5.74, 6) is 1.12. The van der Waals surface area contributed by atoms with Gasteiger partial charge in [-0.1, -0.05) is 11.6 Å². The lowest BCUT2D eigenvalue weighted by atomic mass is 9.97. The van der Waals surface area contributed by atoms with E-state index >= 15 is 0 Å². The van der Waals surface area contributed by atoms with Gasteiger partial charge in [0.05, 0.1) is 7.11 Å². The van der Waals surface area contributed by atoms with Crippen LogP contribution in [-0.2, 0) is 0 Å². The number of hydrogen-bond acceptors (Lipinski definition) is 4. The zero-order valence-electron chi connectivity index (χ0n) is 11.6. The number of hydrogen-bond donors (Lipinski definition) is 2. The Morgan fingerprint density at radius 2 is 2.26 bits per heavy atom. The van der Waals surface area contributed by atoms with Crippen molar-refractivity contribution in [2.24, 2.45) is 11.7 Å². The highest BCUT2D eigenvalue weighted by Crippen LogP contribution is 2.45. The maximum Gasteiger partial charge on any atom is 0.165 e. The van der Waals surface area contributed by atoms with Gasteiger partial charge < -0.3 is 15.6 Å². The second-order valence-electron chi connectivity index (χ2n) is 5.25. The van der Waals surface area contributed by atoms with Gasteiger partial charge in [0, 0.05) is 28.7 Å². The third-order valence-corrected chi connectivity index (χ3v) is 4.39. The Hall–Kier alpha value is -0.970. The largest absolute Gasteiger partial charge is 0.504 e. The van der Waals surface area contributed by atoms with E-state index in [4.69, 9.17) is 22.1 Å². The Morgan fingerprint density at radius 1 is 1.58 bits per heavy atom. The number of benzene rings is 1. The first kappa shape index (κ1) is 14.4. The maximum absolute atomic E-state index is 10.4. The van der Waals surface area contributed by atoms with Gasteiger partial charge in [0.25, 0.3) is 0 Å². The van der Waals surface area contributed by atoms with Crippen molar-refractivity contribution in [3.8, 4) is 11.5 Å². The van der Waals surface area contributed by atoms with E-state index in [1.165, 1.54) is 0 Å². The van der Waals surface area contributed by atoms with Crippen LogP contribution in [0.3, 0.4) is 0 Å². The molecular formula is C14H21ClN2O2. The molecule has 106 valence electrons. The van der Waals surface area contributed by atoms with E-state index in [2.05, 4.69) is 4.90 Å². The molecule has 1 aromatic carbocycles. The van der Waals surface area contributed by atoms with Gasteiger partial charge in [-0.15, -0.1) is 0 Å². The lowest BCUT2D eigenvalue weighted by molar-refractivity contribution is 0.300. The molecule has 2 rings (SSSR count). The Balaban J connectivity index is 2.43. The Morgan fingerprint density at radius 3 is 2.79 bits per heavy atom. The fourth-order valence-electron chi connectivity index (χ4n) is 2.87. The number of likely N-dealkylation sites (tertiary alicyclic amines) is 1. The van der Waals surface area contributed by atoms with Crippen LogP contribution >= 0.6 is 11.6 Å². The SMILES string of the molecule is COc1c(C)c(Cl)cc(C2CC(CN)CN2C)c1O. The van der Waals surface area contributed by atoms with E-state index in [9.17, 15) is 5.11 Å². The fourth-order valence-corrected chi connectivity index (χ4v) is 3.08. The first-order chi connectivity index (χ1) is 8.99. The summed E-state index contributed by atoms with van der Waals surface area (Å²) in [4.78, 5) is 2.21. The van der Waals surface area contributed by atoms with E-state index in [1.54, 1.807) is 7.11 Å². The van der Waals surface area contributed by atoms with Crippen molar-refractivity contribution >= 4 is 11.6 Å². The lowest BCUT2D eigenvalue weighted by Crippen LogP contribution is -2.20. The van der Waals surface area contributed by atoms with E-state index in [1.807, 2.05) is 20.0 Å². The molecular weight excluding hydrogens is 264 g/mol. The average molecular weight is 285 g/mol. The molecule has 2 unspecified atom stereocenters. The topological polar surface area (TPSA) is 58.7 Å². The number of methoxy groups -OCH3 is 1. The minimum atomic E-state index is 0.139. The third-order valence-electron chi connectivity index (χ3n) is 4.00. The maximum atomic E-state index is 10.4. The summed E-state index contributed by atoms with van der Waals surface area (Å²) < 4.78 is 5.27. The summed E-state index contributed by atoms with van der Waals surface area (Å²) >= 11 is 6.23. The van der Waals surface area contributed by atoms with Crippen LogP contribution in [0, 0.1) is 12.8 Å². The Bertz CT molecular complexity index is 479. The van der Waals surface area contributed by atoms with Crippen LogP contribution in [0.5, 0.6) is 11.5 Å². The number of ether oxygens (including phenoxy) is 1. The van der Waals surface area contributed by atoms with E-state index in [0.717, 1.165) is 24.1 Å². The number of rotatable bonds is 3. The smallest absolute Gasteiger partial charge is 0.165 e. The highest BCUT2D eigenvalue weighted by molar-refractivity contribution is 6.31. The molecule has 5 heteroatoms. The second kappa shape index (κ2) is 5.57. The first-order valence-corrected chi connectivity index (χ1v) is 6.83. The zero-order valence-corrected chi connectivity index (χ0v) is 12.4. The summed E-state index contributed by atoms with van der Waals surface area (Å²) in [6, 6.07) is 1.98. The molecule has 0 spiro atoms. The van der Waals surface area contributed by atoms with E-state index in [-0.39, 0.29) is 11.8 Å². The molecule has 1 aliphatic heterocycles. The minimum Gasteiger partial charge on any atom is -0.504 e. The number of phenolic OH excluding ortho intramolecular Hbond substituents is 1. The van der Waals surface area contributed by atoms with Crippen molar-refractivity contribution in [2.45, 2.75) is 19.4 Å². The van der Waals surface area contributed by atoms with Crippen molar-refractivity contribution in [2.75, 3.05) is 27.2 Å². The Kier molecular flexibility index (Phi) is 4.23. The molecule has 0 aromatic heterocycles. The minimum absolute atomic E-state index is 0.139. The third kappa shape index (κ3) is 2.53. The number of halogens is 1. The zero-order chi connectivity index (χ0) is 14.2. The number of nitrogens with zero attached hydrogens (tertiary/aromatic N) is 1. The average Bonchev–Trinajstić information content (AvgIpc) is 2.76. The monoisotopic (exact) mass is 284 g/mol. The summed E-state index contributed by atoms with van der Waals surface area (Å²) in [7, 11) is 3.59. The lowest BCUT2D eigenvalue weighted by Gasteiger charge is -2.23. The molecule has 1 fully saturated rings. The quantitative estimate of drug-likeness (QED) is 0.894. The first-order valence-electron chi connectivity index (χ1n) is 6.45. The molecule has 19 heavy (non-hydrogen) atoms. The standard InChI is InChI=1S/C14H21ClN2O2/c1-8-11(15)5-10(13(18)14(8)19-3)12-4-9(6-16)7-17(12)2/h5,9,12,18H,4,6-7,16H2,1-3H3. The van der Waals surface area contributed by atoms with Gasteiger partial charge >= 0.3 is 0 Å². The van der Waals surface area contributed by atoms with Crippen molar-refractivity contribution in [1.82, 2.24) is 4.90 Å². The van der Waals surface area contributed by atoms with Gasteiger partial charge in [-0.2, -0.15) is 0 Å². The molecule has 0 aliphatic carbocycles. The molecule has 1 aromatic rings. The van der Waals surface area contributed by atoms with E-state index in [0.29, 0.717) is 23.2 Å². The van der Waals surface area contributed by atoms with Gasteiger partial charge in [-0.3, -0.25) is 4.90 Å². The van der Waals surface area contributed by atoms with Crippen LogP contribution in [0.2, 0.25) is 5.02 Å². The van der Waals surface area contributed by atoms with Crippen LogP contribution in [0.4, 0.5) is 0 Å². The van der Waals surface area contributed by atoms with Crippen molar-refractivity contribution < 1.29 is 9.84 Å². The molecule has 0 saturated carbocycles. The molecule has 2 atom stereocenters. The number of aromatic hydroxyl groups is 1. The highest BCUT2D eigenvalue weighted by atomic mass is 35.5. The van der Waals surface area contributed by atoms with Gasteiger partial charge in [0.2, 0.25) is 0 Å². The normalized spacial score (nSPS) is 23.8. The van der Waals surface area contributed by atoms with Crippen LogP contribution < -0.4 is 10.5 Å². The molecule has 1 saturated heterocycles. The molecule has 0 bridgehead atoms. The van der Waals surface area contributed by atoms with Crippen molar-refractivity contribution in [1.29, 1.82) is 0 Å². The number of nitrogens with two attached hydrogens (primary N) is 1. The Labute approximate surface area is 119 Å². The van der Waals surface area contributed by atoms with Crippen LogP contribution in [-0.4, -0.2) is 37.3 Å². The molecule has 1 heterocycles. The van der Waals surface area contributed by atoms with Gasteiger partial charge in [0.15, 0.2) is 11.5 Å². The summed E-state index contributed by atoms with van der Waals surface area (Å²) in [5, 5.41) is 11.0. The predicted molar refractivity (Wildman–Crippen MR) is 76.9 cm³/mol. The van der Waals surface area contributed by atoms with Gasteiger partial charge in [-0.05, 0) is 38.9 Å². The molecule has 3 N–H and O–H groups in total. The molecule has 0 radical (unpaired) electrons. The molecule has 4 nitrogen and oxygen atoms in total. The highest BCUT2D eigenvalue weighted by Gasteiger charge is 2.32. The van der Waals surface area contributed by atoms with Crippen LogP contribution in [0.1, 0.15) is 23.6 Å². The fraction of sp³-hybridized carbons (Fsp3) is 0.571. The van der Waals surface area contributed by atoms with Gasteiger partial charge in [0.1, 0.15) is 0 Å². The molecule has 1 aliphatic rings. The summed E-state index contributed by atoms with van der Waals surface area (Å²) in [6.07, 6.45) is 0.934. The second-order valence-corrected chi connectivity index (χ2v) is 5.65. The van der Waals surface area contributed by atoms with Crippen molar-refractivity contribution in [3.05, 3.63) is 22.2 Å². The predicted octanol–water partition coefficient (Wildman–Crippen LogP) is 2.31. The van der Waals surface area contributed by atoms with Crippen LogP contribution in [0.25, 0.3) is 0 Å². The number of phenols is 1. The van der Waals surface area contributed by atoms with Gasteiger partial charge in [-0.25, -0.2) is 0 Å². The summed E-state index contributed by atoms with van der Waals surface area (Å²) in [6.45, 7) is 3.44. The molecule has 0 amide bonds. The van der Waals surface area contributed by atoms with Crippen LogP contribution in [0.15, 0.2) is 6.07 Å². The van der Waals surface area contributed by atoms with E-state index < -0.39 is 0 Å². The summed E-state index contributed by atoms with van der Waals surface area (Å²) in [5.41, 5.74) is 7.33.